The van der Waals surface area contributed by atoms with Crippen LogP contribution in [0.4, 0.5) is 5.69 Å². The smallest absolute Gasteiger partial charge is 0.268 e. The van der Waals surface area contributed by atoms with Crippen molar-refractivity contribution >= 4 is 28.9 Å². The summed E-state index contributed by atoms with van der Waals surface area (Å²) in [6, 6.07) is 7.40. The van der Waals surface area contributed by atoms with Crippen molar-refractivity contribution in [1.29, 1.82) is 10.8 Å². The topological polar surface area (TPSA) is 85.1 Å². The number of rotatable bonds is 4. The van der Waals surface area contributed by atoms with Crippen molar-refractivity contribution in [1.82, 2.24) is 0 Å². The maximum atomic E-state index is 12.7. The summed E-state index contributed by atoms with van der Waals surface area (Å²) in [7, 11) is 0. The van der Waals surface area contributed by atoms with Gasteiger partial charge in [-0.2, -0.15) is 0 Å². The predicted molar refractivity (Wildman–Crippen MR) is 89.3 cm³/mol. The van der Waals surface area contributed by atoms with E-state index in [1.165, 1.54) is 0 Å². The number of hydrogen-bond acceptors (Lipinski definition) is 4. The van der Waals surface area contributed by atoms with E-state index in [1.807, 2.05) is 12.1 Å². The van der Waals surface area contributed by atoms with E-state index in [-0.39, 0.29) is 22.6 Å². The molecule has 0 aromatic heterocycles. The molecule has 2 N–H and O–H groups in total. The summed E-state index contributed by atoms with van der Waals surface area (Å²) in [4.78, 5) is 26.6. The highest BCUT2D eigenvalue weighted by Gasteiger charge is 2.44. The predicted octanol–water partition coefficient (Wildman–Crippen LogP) is 3.03. The van der Waals surface area contributed by atoms with Gasteiger partial charge in [-0.05, 0) is 37.3 Å². The van der Waals surface area contributed by atoms with Crippen LogP contribution in [0, 0.1) is 10.8 Å². The maximum Gasteiger partial charge on any atom is 0.268 e. The van der Waals surface area contributed by atoms with Gasteiger partial charge in [-0.15, -0.1) is 0 Å². The molecule has 0 radical (unpaired) electrons. The third kappa shape index (κ3) is 2.42. The molecule has 0 spiro atoms. The Labute approximate surface area is 135 Å². The first-order valence-electron chi connectivity index (χ1n) is 7.92. The van der Waals surface area contributed by atoms with Crippen LogP contribution in [0.1, 0.15) is 38.2 Å². The van der Waals surface area contributed by atoms with Crippen molar-refractivity contribution in [3.8, 4) is 0 Å². The molecule has 0 bridgehead atoms. The second kappa shape index (κ2) is 5.91. The Balaban J connectivity index is 2.04. The lowest BCUT2D eigenvalue weighted by Crippen LogP contribution is -2.33. The molecule has 118 valence electrons. The molecule has 0 saturated carbocycles. The number of imide groups is 1. The largest absolute Gasteiger partial charge is 0.304 e. The Kier molecular flexibility index (Phi) is 3.94. The van der Waals surface area contributed by atoms with Gasteiger partial charge in [-0.3, -0.25) is 9.59 Å². The third-order valence-electron chi connectivity index (χ3n) is 4.34. The van der Waals surface area contributed by atoms with Crippen LogP contribution in [0.5, 0.6) is 0 Å². The number of unbranched alkanes of at least 4 members (excludes halogenated alkanes) is 1. The number of carbonyl (C=O) groups excluding carboxylic acids is 2. The molecule has 2 aliphatic rings. The van der Waals surface area contributed by atoms with Crippen LogP contribution in [0.15, 0.2) is 35.4 Å². The van der Waals surface area contributed by atoms with Crippen LogP contribution in [0.3, 0.4) is 0 Å². The summed E-state index contributed by atoms with van der Waals surface area (Å²) in [5, 5.41) is 16.0. The van der Waals surface area contributed by atoms with Gasteiger partial charge in [-0.1, -0.05) is 31.5 Å². The second-order valence-electron chi connectivity index (χ2n) is 5.89. The van der Waals surface area contributed by atoms with Crippen molar-refractivity contribution in [3.63, 3.8) is 0 Å². The van der Waals surface area contributed by atoms with Crippen molar-refractivity contribution in [3.05, 3.63) is 41.0 Å². The minimum absolute atomic E-state index is 0.122. The zero-order chi connectivity index (χ0) is 16.6. The van der Waals surface area contributed by atoms with Crippen LogP contribution >= 0.6 is 0 Å². The Bertz CT molecular complexity index is 723. The minimum Gasteiger partial charge on any atom is -0.304 e. The van der Waals surface area contributed by atoms with Gasteiger partial charge in [0.15, 0.2) is 0 Å². The standard InChI is InChI=1S/C18H19N3O2/c1-2-3-6-11-7-4-5-8-14(11)21-17(22)15-12(19)9-10-13(20)16(15)18(21)23/h4-5,7-8,19-20H,2-3,6,9-10H2,1H3. The molecule has 2 amide bonds. The fourth-order valence-electron chi connectivity index (χ4n) is 3.12. The number of carbonyl (C=O) groups is 2. The highest BCUT2D eigenvalue weighted by molar-refractivity contribution is 6.49. The lowest BCUT2D eigenvalue weighted by molar-refractivity contribution is -0.120. The molecule has 5 nitrogen and oxygen atoms in total. The van der Waals surface area contributed by atoms with Crippen LogP contribution in [-0.4, -0.2) is 23.2 Å². The van der Waals surface area contributed by atoms with E-state index in [1.54, 1.807) is 12.1 Å². The zero-order valence-corrected chi connectivity index (χ0v) is 13.1. The van der Waals surface area contributed by atoms with Crippen molar-refractivity contribution in [2.75, 3.05) is 4.90 Å². The SMILES string of the molecule is CCCCc1ccccc1N1C(=O)C2=C(C(=N)CCC2=N)C1=O. The number of anilines is 1. The molecule has 1 heterocycles. The van der Waals surface area contributed by atoms with Crippen molar-refractivity contribution < 1.29 is 9.59 Å². The molecule has 0 saturated heterocycles. The van der Waals surface area contributed by atoms with Gasteiger partial charge in [0, 0.05) is 11.4 Å². The molecule has 5 heteroatoms. The van der Waals surface area contributed by atoms with E-state index in [9.17, 15) is 9.59 Å². The third-order valence-corrected chi connectivity index (χ3v) is 4.34. The average Bonchev–Trinajstić information content (AvgIpc) is 2.81. The number of aryl methyl sites for hydroxylation is 1. The first-order valence-corrected chi connectivity index (χ1v) is 7.92. The molecular weight excluding hydrogens is 290 g/mol. The van der Waals surface area contributed by atoms with E-state index < -0.39 is 11.8 Å². The average molecular weight is 309 g/mol. The molecule has 0 unspecified atom stereocenters. The van der Waals surface area contributed by atoms with Gasteiger partial charge in [0.1, 0.15) is 0 Å². The summed E-state index contributed by atoms with van der Waals surface area (Å²) >= 11 is 0. The molecule has 1 aliphatic carbocycles. The van der Waals surface area contributed by atoms with Gasteiger partial charge in [0.2, 0.25) is 0 Å². The number of nitrogens with one attached hydrogen (secondary N) is 2. The first-order chi connectivity index (χ1) is 11.1. The quantitative estimate of drug-likeness (QED) is 0.838. The molecule has 0 atom stereocenters. The molecule has 1 aliphatic heterocycles. The van der Waals surface area contributed by atoms with E-state index >= 15 is 0 Å². The van der Waals surface area contributed by atoms with Crippen molar-refractivity contribution in [2.45, 2.75) is 39.0 Å². The number of nitrogens with zero attached hydrogens (tertiary/aromatic N) is 1. The Morgan fingerprint density at radius 1 is 1.00 bits per heavy atom. The van der Waals surface area contributed by atoms with Crippen LogP contribution < -0.4 is 4.90 Å². The summed E-state index contributed by atoms with van der Waals surface area (Å²) in [5.74, 6) is -0.910. The summed E-state index contributed by atoms with van der Waals surface area (Å²) < 4.78 is 0. The van der Waals surface area contributed by atoms with Crippen molar-refractivity contribution in [2.24, 2.45) is 0 Å². The van der Waals surface area contributed by atoms with Crippen LogP contribution in [0.25, 0.3) is 0 Å². The summed E-state index contributed by atoms with van der Waals surface area (Å²) in [5.41, 5.74) is 2.12. The van der Waals surface area contributed by atoms with Gasteiger partial charge in [0.25, 0.3) is 11.8 Å². The Morgan fingerprint density at radius 3 is 2.13 bits per heavy atom. The minimum atomic E-state index is -0.455. The van der Waals surface area contributed by atoms with Crippen LogP contribution in [0.2, 0.25) is 0 Å². The fourth-order valence-corrected chi connectivity index (χ4v) is 3.12. The second-order valence-corrected chi connectivity index (χ2v) is 5.89. The number of amides is 2. The van der Waals surface area contributed by atoms with E-state index in [0.717, 1.165) is 29.7 Å². The monoisotopic (exact) mass is 309 g/mol. The lowest BCUT2D eigenvalue weighted by atomic mass is 9.90. The van der Waals surface area contributed by atoms with E-state index in [4.69, 9.17) is 10.8 Å². The number of hydrogen-bond donors (Lipinski definition) is 2. The number of benzene rings is 1. The molecule has 23 heavy (non-hydrogen) atoms. The Morgan fingerprint density at radius 2 is 1.57 bits per heavy atom. The Hall–Kier alpha value is -2.56. The van der Waals surface area contributed by atoms with Crippen LogP contribution in [-0.2, 0) is 16.0 Å². The van der Waals surface area contributed by atoms with E-state index in [2.05, 4.69) is 6.92 Å². The maximum absolute atomic E-state index is 12.7. The fraction of sp³-hybridized carbons (Fsp3) is 0.333. The zero-order valence-electron chi connectivity index (χ0n) is 13.1. The molecule has 3 rings (SSSR count). The van der Waals surface area contributed by atoms with Gasteiger partial charge in [-0.25, -0.2) is 4.90 Å². The first kappa shape index (κ1) is 15.3. The highest BCUT2D eigenvalue weighted by Crippen LogP contribution is 2.34. The normalized spacial score (nSPS) is 18.0. The summed E-state index contributed by atoms with van der Waals surface area (Å²) in [6.07, 6.45) is 3.50. The van der Waals surface area contributed by atoms with E-state index in [0.29, 0.717) is 18.5 Å². The highest BCUT2D eigenvalue weighted by atomic mass is 16.2. The van der Waals surface area contributed by atoms with Gasteiger partial charge < -0.3 is 10.8 Å². The lowest BCUT2D eigenvalue weighted by Gasteiger charge is -2.19. The van der Waals surface area contributed by atoms with Gasteiger partial charge >= 0.3 is 0 Å². The summed E-state index contributed by atoms with van der Waals surface area (Å²) in [6.45, 7) is 2.09. The molecule has 0 fully saturated rings. The molecular formula is C18H19N3O2. The molecule has 1 aromatic rings. The van der Waals surface area contributed by atoms with Gasteiger partial charge in [0.05, 0.1) is 16.8 Å². The molecule has 1 aromatic carbocycles. The number of para-hydroxylation sites is 1.